The van der Waals surface area contributed by atoms with Gasteiger partial charge in [-0.05, 0) is 19.9 Å². The van der Waals surface area contributed by atoms with Gasteiger partial charge in [0.1, 0.15) is 0 Å². The van der Waals surface area contributed by atoms with Crippen LogP contribution in [0.1, 0.15) is 24.3 Å². The molecule has 1 heterocycles. The van der Waals surface area contributed by atoms with Crippen LogP contribution in [-0.2, 0) is 11.3 Å². The minimum atomic E-state index is -0.774. The lowest BCUT2D eigenvalue weighted by molar-refractivity contribution is 0.0907. The Hall–Kier alpha value is -2.90. The van der Waals surface area contributed by atoms with Gasteiger partial charge in [0, 0.05) is 11.9 Å². The molecule has 0 fully saturated rings. The number of hydrazine groups is 1. The first kappa shape index (κ1) is 15.5. The zero-order valence-corrected chi connectivity index (χ0v) is 12.3. The van der Waals surface area contributed by atoms with Crippen molar-refractivity contribution in [2.75, 3.05) is 6.61 Å². The first-order valence-corrected chi connectivity index (χ1v) is 6.81. The molecule has 1 aromatic heterocycles. The molecule has 116 valence electrons. The second kappa shape index (κ2) is 6.70. The van der Waals surface area contributed by atoms with E-state index in [-0.39, 0.29) is 17.9 Å². The normalized spacial score (nSPS) is 10.3. The number of rotatable bonds is 3. The van der Waals surface area contributed by atoms with Crippen molar-refractivity contribution in [2.24, 2.45) is 0 Å². The Balaban J connectivity index is 2.38. The number of aromatic nitrogens is 2. The van der Waals surface area contributed by atoms with Gasteiger partial charge >= 0.3 is 6.09 Å². The van der Waals surface area contributed by atoms with Gasteiger partial charge in [-0.15, -0.1) is 0 Å². The molecule has 0 radical (unpaired) electrons. The van der Waals surface area contributed by atoms with Gasteiger partial charge in [0.05, 0.1) is 12.0 Å². The van der Waals surface area contributed by atoms with Crippen LogP contribution in [0.5, 0.6) is 0 Å². The van der Waals surface area contributed by atoms with Gasteiger partial charge in [-0.25, -0.2) is 14.9 Å². The third kappa shape index (κ3) is 3.05. The number of amides is 2. The summed E-state index contributed by atoms with van der Waals surface area (Å²) < 4.78 is 5.84. The Morgan fingerprint density at radius 2 is 1.86 bits per heavy atom. The SMILES string of the molecule is CCOC(=O)NNC(=O)c1nn(CC)c(=O)c2ccccc12. The average Bonchev–Trinajstić information content (AvgIpc) is 2.53. The van der Waals surface area contributed by atoms with Gasteiger partial charge in [0.15, 0.2) is 5.69 Å². The standard InChI is InChI=1S/C14H16N4O4/c1-3-18-13(20)10-8-6-5-7-9(10)11(17-18)12(19)15-16-14(21)22-4-2/h5-8H,3-4H2,1-2H3,(H,15,19)(H,16,21). The number of nitrogens with one attached hydrogen (secondary N) is 2. The number of nitrogens with zero attached hydrogens (tertiary/aromatic N) is 2. The molecule has 8 heteroatoms. The number of aryl methyl sites for hydroxylation is 1. The molecule has 0 aliphatic carbocycles. The van der Waals surface area contributed by atoms with Crippen LogP contribution in [0, 0.1) is 0 Å². The van der Waals surface area contributed by atoms with Crippen LogP contribution in [0.25, 0.3) is 10.8 Å². The number of carbonyl (C=O) groups is 2. The fraction of sp³-hybridized carbons (Fsp3) is 0.286. The van der Waals surface area contributed by atoms with Gasteiger partial charge in [0.25, 0.3) is 11.5 Å². The van der Waals surface area contributed by atoms with E-state index in [2.05, 4.69) is 20.7 Å². The highest BCUT2D eigenvalue weighted by Gasteiger charge is 2.16. The van der Waals surface area contributed by atoms with E-state index in [9.17, 15) is 14.4 Å². The Kier molecular flexibility index (Phi) is 4.72. The summed E-state index contributed by atoms with van der Waals surface area (Å²) in [6.45, 7) is 3.91. The maximum absolute atomic E-state index is 12.2. The van der Waals surface area contributed by atoms with Crippen molar-refractivity contribution < 1.29 is 14.3 Å². The number of carbonyl (C=O) groups excluding carboxylic acids is 2. The molecule has 0 bridgehead atoms. The Labute approximate surface area is 126 Å². The number of benzene rings is 1. The number of hydrogen-bond donors (Lipinski definition) is 2. The van der Waals surface area contributed by atoms with E-state index < -0.39 is 12.0 Å². The van der Waals surface area contributed by atoms with E-state index in [0.29, 0.717) is 17.3 Å². The van der Waals surface area contributed by atoms with Crippen molar-refractivity contribution in [1.29, 1.82) is 0 Å². The molecular weight excluding hydrogens is 288 g/mol. The molecule has 0 unspecified atom stereocenters. The summed E-state index contributed by atoms with van der Waals surface area (Å²) in [6.07, 6.45) is -0.774. The van der Waals surface area contributed by atoms with Crippen molar-refractivity contribution in [1.82, 2.24) is 20.6 Å². The lowest BCUT2D eigenvalue weighted by atomic mass is 10.1. The van der Waals surface area contributed by atoms with Crippen molar-refractivity contribution in [3.8, 4) is 0 Å². The van der Waals surface area contributed by atoms with Gasteiger partial charge in [-0.2, -0.15) is 5.10 Å². The molecule has 2 N–H and O–H groups in total. The summed E-state index contributed by atoms with van der Waals surface area (Å²) in [6, 6.07) is 6.67. The number of hydrogen-bond acceptors (Lipinski definition) is 5. The Bertz CT molecular complexity index is 769. The summed E-state index contributed by atoms with van der Waals surface area (Å²) >= 11 is 0. The minimum absolute atomic E-state index is 0.0499. The van der Waals surface area contributed by atoms with Crippen LogP contribution < -0.4 is 16.4 Å². The maximum atomic E-state index is 12.2. The predicted molar refractivity (Wildman–Crippen MR) is 79.3 cm³/mol. The summed E-state index contributed by atoms with van der Waals surface area (Å²) in [5.41, 5.74) is 4.10. The van der Waals surface area contributed by atoms with Crippen molar-refractivity contribution >= 4 is 22.8 Å². The van der Waals surface area contributed by atoms with Crippen LogP contribution >= 0.6 is 0 Å². The van der Waals surface area contributed by atoms with E-state index in [1.165, 1.54) is 4.68 Å². The van der Waals surface area contributed by atoms with Gasteiger partial charge < -0.3 is 4.74 Å². The highest BCUT2D eigenvalue weighted by atomic mass is 16.5. The lowest BCUT2D eigenvalue weighted by Crippen LogP contribution is -2.43. The lowest BCUT2D eigenvalue weighted by Gasteiger charge is -2.10. The van der Waals surface area contributed by atoms with Crippen LogP contribution in [-0.4, -0.2) is 28.4 Å². The van der Waals surface area contributed by atoms with Crippen LogP contribution in [0.3, 0.4) is 0 Å². The third-order valence-corrected chi connectivity index (χ3v) is 2.94. The first-order valence-electron chi connectivity index (χ1n) is 6.81. The fourth-order valence-electron chi connectivity index (χ4n) is 1.95. The zero-order chi connectivity index (χ0) is 16.1. The topological polar surface area (TPSA) is 102 Å². The van der Waals surface area contributed by atoms with E-state index in [4.69, 9.17) is 0 Å². The van der Waals surface area contributed by atoms with Gasteiger partial charge in [-0.3, -0.25) is 15.0 Å². The Morgan fingerprint density at radius 1 is 1.18 bits per heavy atom. The molecule has 0 saturated carbocycles. The summed E-state index contributed by atoms with van der Waals surface area (Å²) in [4.78, 5) is 35.5. The van der Waals surface area contributed by atoms with E-state index in [0.717, 1.165) is 0 Å². The van der Waals surface area contributed by atoms with E-state index in [1.807, 2.05) is 0 Å². The highest BCUT2D eigenvalue weighted by Crippen LogP contribution is 2.12. The molecule has 22 heavy (non-hydrogen) atoms. The maximum Gasteiger partial charge on any atom is 0.426 e. The van der Waals surface area contributed by atoms with Gasteiger partial charge in [-0.1, -0.05) is 18.2 Å². The zero-order valence-electron chi connectivity index (χ0n) is 12.3. The monoisotopic (exact) mass is 304 g/mol. The number of ether oxygens (including phenoxy) is 1. The van der Waals surface area contributed by atoms with Crippen LogP contribution in [0.4, 0.5) is 4.79 Å². The molecule has 8 nitrogen and oxygen atoms in total. The second-order valence-electron chi connectivity index (χ2n) is 4.31. The summed E-state index contributed by atoms with van der Waals surface area (Å²) in [7, 11) is 0. The molecule has 2 rings (SSSR count). The first-order chi connectivity index (χ1) is 10.6. The molecule has 0 atom stereocenters. The molecular formula is C14H16N4O4. The van der Waals surface area contributed by atoms with E-state index in [1.54, 1.807) is 38.1 Å². The molecule has 2 aromatic rings. The van der Waals surface area contributed by atoms with Gasteiger partial charge in [0.2, 0.25) is 0 Å². The van der Waals surface area contributed by atoms with Crippen molar-refractivity contribution in [3.05, 3.63) is 40.3 Å². The third-order valence-electron chi connectivity index (χ3n) is 2.94. The Morgan fingerprint density at radius 3 is 2.50 bits per heavy atom. The fourth-order valence-corrected chi connectivity index (χ4v) is 1.95. The average molecular weight is 304 g/mol. The summed E-state index contributed by atoms with van der Waals surface area (Å²) in [5.74, 6) is -0.633. The molecule has 0 spiro atoms. The largest absolute Gasteiger partial charge is 0.449 e. The second-order valence-corrected chi connectivity index (χ2v) is 4.31. The molecule has 1 aromatic carbocycles. The molecule has 2 amide bonds. The van der Waals surface area contributed by atoms with E-state index >= 15 is 0 Å². The molecule has 0 aliphatic rings. The van der Waals surface area contributed by atoms with Crippen LogP contribution in [0.15, 0.2) is 29.1 Å². The van der Waals surface area contributed by atoms with Crippen LogP contribution in [0.2, 0.25) is 0 Å². The number of fused-ring (bicyclic) bond motifs is 1. The highest BCUT2D eigenvalue weighted by molar-refractivity contribution is 6.05. The summed E-state index contributed by atoms with van der Waals surface area (Å²) in [5, 5.41) is 4.85. The minimum Gasteiger partial charge on any atom is -0.449 e. The van der Waals surface area contributed by atoms with Crippen molar-refractivity contribution in [2.45, 2.75) is 20.4 Å². The quantitative estimate of drug-likeness (QED) is 0.817. The van der Waals surface area contributed by atoms with Crippen molar-refractivity contribution in [3.63, 3.8) is 0 Å². The predicted octanol–water partition coefficient (Wildman–Crippen LogP) is 0.807. The molecule has 0 saturated heterocycles. The molecule has 0 aliphatic heterocycles. The smallest absolute Gasteiger partial charge is 0.426 e.